The number of nitro benzene ring substituents is 1. The highest BCUT2D eigenvalue weighted by atomic mass is 32.1. The number of hydrogen-bond acceptors (Lipinski definition) is 7. The van der Waals surface area contributed by atoms with Gasteiger partial charge in [0.1, 0.15) is 5.52 Å². The number of anilines is 2. The molecule has 26 heavy (non-hydrogen) atoms. The second kappa shape index (κ2) is 6.06. The molecule has 0 spiro atoms. The molecule has 0 fully saturated rings. The number of hydrogen-bond donors (Lipinski definition) is 1. The largest absolute Gasteiger partial charge is 0.423 e. The number of nitrogens with zero attached hydrogens (tertiary/aromatic N) is 3. The number of fused-ring (bicyclic) bond motifs is 2. The smallest absolute Gasteiger partial charge is 0.302 e. The third kappa shape index (κ3) is 2.88. The Morgan fingerprint density at radius 3 is 2.77 bits per heavy atom. The second-order valence-electron chi connectivity index (χ2n) is 6.41. The standard InChI is InChI=1S/C18H16N4O3S/c1-9(2)11-4-5-14-13(7-11)19-17(25-14)21-18-20-16-10(3)6-12(22(23)24)8-15(16)26-18/h4-9H,1-3H3,(H,19,20,21). The fraction of sp³-hybridized carbons (Fsp3) is 0.222. The minimum Gasteiger partial charge on any atom is -0.423 e. The van der Waals surface area contributed by atoms with Gasteiger partial charge in [0, 0.05) is 12.1 Å². The van der Waals surface area contributed by atoms with Gasteiger partial charge in [0.15, 0.2) is 10.7 Å². The van der Waals surface area contributed by atoms with Crippen molar-refractivity contribution in [3.8, 4) is 0 Å². The third-order valence-electron chi connectivity index (χ3n) is 4.17. The molecular formula is C18H16N4O3S. The molecule has 0 bridgehead atoms. The molecule has 0 aliphatic carbocycles. The minimum atomic E-state index is -0.396. The highest BCUT2D eigenvalue weighted by Crippen LogP contribution is 2.34. The Bertz CT molecular complexity index is 1150. The van der Waals surface area contributed by atoms with Crippen LogP contribution in [0.15, 0.2) is 34.7 Å². The van der Waals surface area contributed by atoms with Crippen LogP contribution in [0, 0.1) is 17.0 Å². The van der Waals surface area contributed by atoms with Crippen LogP contribution in [0.1, 0.15) is 30.9 Å². The summed E-state index contributed by atoms with van der Waals surface area (Å²) in [7, 11) is 0. The highest BCUT2D eigenvalue weighted by molar-refractivity contribution is 7.22. The van der Waals surface area contributed by atoms with Gasteiger partial charge < -0.3 is 4.42 Å². The number of rotatable bonds is 4. The zero-order valence-corrected chi connectivity index (χ0v) is 15.3. The van der Waals surface area contributed by atoms with Gasteiger partial charge in [-0.25, -0.2) is 4.98 Å². The zero-order chi connectivity index (χ0) is 18.4. The van der Waals surface area contributed by atoms with Gasteiger partial charge in [0.2, 0.25) is 0 Å². The van der Waals surface area contributed by atoms with Crippen molar-refractivity contribution in [2.75, 3.05) is 5.32 Å². The molecular weight excluding hydrogens is 352 g/mol. The van der Waals surface area contributed by atoms with Gasteiger partial charge in [-0.05, 0) is 36.1 Å². The molecule has 0 aliphatic rings. The van der Waals surface area contributed by atoms with Gasteiger partial charge >= 0.3 is 6.01 Å². The summed E-state index contributed by atoms with van der Waals surface area (Å²) in [4.78, 5) is 19.6. The first-order valence-corrected chi connectivity index (χ1v) is 8.95. The number of aromatic nitrogens is 2. The summed E-state index contributed by atoms with van der Waals surface area (Å²) in [5.74, 6) is 0.413. The topological polar surface area (TPSA) is 94.1 Å². The van der Waals surface area contributed by atoms with E-state index in [4.69, 9.17) is 4.42 Å². The van der Waals surface area contributed by atoms with Crippen LogP contribution in [-0.2, 0) is 0 Å². The van der Waals surface area contributed by atoms with E-state index in [1.54, 1.807) is 0 Å². The predicted octanol–water partition coefficient (Wildman–Crippen LogP) is 5.52. The molecule has 0 aliphatic heterocycles. The van der Waals surface area contributed by atoms with Crippen LogP contribution in [0.3, 0.4) is 0 Å². The lowest BCUT2D eigenvalue weighted by atomic mass is 10.0. The minimum absolute atomic E-state index is 0.0632. The van der Waals surface area contributed by atoms with Crippen molar-refractivity contribution in [3.63, 3.8) is 0 Å². The van der Waals surface area contributed by atoms with E-state index >= 15 is 0 Å². The zero-order valence-electron chi connectivity index (χ0n) is 14.4. The van der Waals surface area contributed by atoms with Crippen LogP contribution in [0.2, 0.25) is 0 Å². The van der Waals surface area contributed by atoms with Gasteiger partial charge in [-0.1, -0.05) is 31.3 Å². The molecule has 2 aromatic heterocycles. The molecule has 0 saturated carbocycles. The van der Waals surface area contributed by atoms with E-state index in [1.807, 2.05) is 25.1 Å². The number of aryl methyl sites for hydroxylation is 1. The van der Waals surface area contributed by atoms with E-state index in [-0.39, 0.29) is 5.69 Å². The van der Waals surface area contributed by atoms with Crippen molar-refractivity contribution in [3.05, 3.63) is 51.6 Å². The van der Waals surface area contributed by atoms with Crippen LogP contribution in [0.25, 0.3) is 21.3 Å². The fourth-order valence-electron chi connectivity index (χ4n) is 2.79. The maximum atomic E-state index is 11.0. The molecule has 4 rings (SSSR count). The first kappa shape index (κ1) is 16.5. The molecule has 0 atom stereocenters. The van der Waals surface area contributed by atoms with Crippen molar-refractivity contribution in [1.82, 2.24) is 9.97 Å². The van der Waals surface area contributed by atoms with Crippen molar-refractivity contribution in [1.29, 1.82) is 0 Å². The van der Waals surface area contributed by atoms with E-state index in [2.05, 4.69) is 29.1 Å². The van der Waals surface area contributed by atoms with Gasteiger partial charge in [0.25, 0.3) is 5.69 Å². The number of oxazole rings is 1. The Morgan fingerprint density at radius 2 is 2.04 bits per heavy atom. The average Bonchev–Trinajstić information content (AvgIpc) is 3.17. The van der Waals surface area contributed by atoms with Crippen molar-refractivity contribution in [2.24, 2.45) is 0 Å². The fourth-order valence-corrected chi connectivity index (χ4v) is 3.75. The maximum absolute atomic E-state index is 11.0. The summed E-state index contributed by atoms with van der Waals surface area (Å²) in [6.45, 7) is 6.07. The lowest BCUT2D eigenvalue weighted by molar-refractivity contribution is -0.384. The van der Waals surface area contributed by atoms with Crippen LogP contribution in [0.4, 0.5) is 16.8 Å². The van der Waals surface area contributed by atoms with Crippen LogP contribution in [-0.4, -0.2) is 14.9 Å². The quantitative estimate of drug-likeness (QED) is 0.376. The van der Waals surface area contributed by atoms with Crippen molar-refractivity contribution < 1.29 is 9.34 Å². The molecule has 0 unspecified atom stereocenters. The van der Waals surface area contributed by atoms with E-state index < -0.39 is 4.92 Å². The van der Waals surface area contributed by atoms with Crippen LogP contribution >= 0.6 is 11.3 Å². The van der Waals surface area contributed by atoms with E-state index in [1.165, 1.54) is 29.0 Å². The van der Waals surface area contributed by atoms with E-state index in [9.17, 15) is 10.1 Å². The van der Waals surface area contributed by atoms with Crippen LogP contribution < -0.4 is 5.32 Å². The molecule has 132 valence electrons. The summed E-state index contributed by atoms with van der Waals surface area (Å²) in [5, 5.41) is 14.7. The predicted molar refractivity (Wildman–Crippen MR) is 102 cm³/mol. The number of non-ortho nitro benzene ring substituents is 1. The summed E-state index contributed by atoms with van der Waals surface area (Å²) < 4.78 is 6.48. The number of benzene rings is 2. The molecule has 0 saturated heterocycles. The molecule has 1 N–H and O–H groups in total. The molecule has 0 amide bonds. The van der Waals surface area contributed by atoms with Gasteiger partial charge in [0.05, 0.1) is 15.1 Å². The summed E-state index contributed by atoms with van der Waals surface area (Å²) in [6, 6.07) is 9.37. The molecule has 7 nitrogen and oxygen atoms in total. The number of nitrogens with one attached hydrogen (secondary N) is 1. The highest BCUT2D eigenvalue weighted by Gasteiger charge is 2.15. The average molecular weight is 368 g/mol. The molecule has 4 aromatic rings. The van der Waals surface area contributed by atoms with Gasteiger partial charge in [-0.3, -0.25) is 15.4 Å². The van der Waals surface area contributed by atoms with Crippen LogP contribution in [0.5, 0.6) is 0 Å². The number of nitro groups is 1. The van der Waals surface area contributed by atoms with Crippen molar-refractivity contribution >= 4 is 49.5 Å². The lowest BCUT2D eigenvalue weighted by Crippen LogP contribution is -1.90. The Labute approximate surface area is 152 Å². The maximum Gasteiger partial charge on any atom is 0.302 e. The first-order valence-electron chi connectivity index (χ1n) is 8.14. The Kier molecular flexibility index (Phi) is 3.84. The first-order chi connectivity index (χ1) is 12.4. The van der Waals surface area contributed by atoms with Gasteiger partial charge in [-0.2, -0.15) is 4.98 Å². The Morgan fingerprint density at radius 1 is 1.23 bits per heavy atom. The lowest BCUT2D eigenvalue weighted by Gasteiger charge is -2.02. The Hall–Kier alpha value is -3.00. The van der Waals surface area contributed by atoms with E-state index in [0.717, 1.165) is 21.3 Å². The summed E-state index contributed by atoms with van der Waals surface area (Å²) in [6.07, 6.45) is 0. The van der Waals surface area contributed by atoms with E-state index in [0.29, 0.717) is 22.6 Å². The molecule has 2 aromatic carbocycles. The monoisotopic (exact) mass is 368 g/mol. The SMILES string of the molecule is Cc1cc([N+](=O)[O-])cc2sc(Nc3nc4cc(C(C)C)ccc4o3)nc12. The second-order valence-corrected chi connectivity index (χ2v) is 7.44. The normalized spacial score (nSPS) is 11.5. The summed E-state index contributed by atoms with van der Waals surface area (Å²) in [5.41, 5.74) is 4.24. The third-order valence-corrected chi connectivity index (χ3v) is 5.09. The summed E-state index contributed by atoms with van der Waals surface area (Å²) >= 11 is 1.33. The van der Waals surface area contributed by atoms with Gasteiger partial charge in [-0.15, -0.1) is 0 Å². The molecule has 0 radical (unpaired) electrons. The number of thiazole rings is 1. The Balaban J connectivity index is 1.69. The van der Waals surface area contributed by atoms with Crippen molar-refractivity contribution in [2.45, 2.75) is 26.7 Å². The molecule has 8 heteroatoms. The molecule has 2 heterocycles.